The fourth-order valence-electron chi connectivity index (χ4n) is 1.89. The van der Waals surface area contributed by atoms with Crippen LogP contribution < -0.4 is 5.32 Å². The highest BCUT2D eigenvalue weighted by atomic mass is 19.1. The summed E-state index contributed by atoms with van der Waals surface area (Å²) >= 11 is 0. The Labute approximate surface area is 114 Å². The van der Waals surface area contributed by atoms with E-state index >= 15 is 0 Å². The number of benzene rings is 2. The normalized spacial score (nSPS) is 11.4. The van der Waals surface area contributed by atoms with Crippen molar-refractivity contribution in [1.82, 2.24) is 0 Å². The van der Waals surface area contributed by atoms with Gasteiger partial charge in [-0.05, 0) is 40.8 Å². The lowest BCUT2D eigenvalue weighted by Gasteiger charge is -2.19. The van der Waals surface area contributed by atoms with E-state index in [1.807, 2.05) is 0 Å². The van der Waals surface area contributed by atoms with Crippen molar-refractivity contribution in [2.75, 3.05) is 5.32 Å². The average molecular weight is 257 g/mol. The van der Waals surface area contributed by atoms with E-state index in [0.717, 1.165) is 11.3 Å². The molecule has 19 heavy (non-hydrogen) atoms. The van der Waals surface area contributed by atoms with Crippen LogP contribution in [0.5, 0.6) is 0 Å². The molecule has 0 amide bonds. The van der Waals surface area contributed by atoms with Crippen molar-refractivity contribution >= 4 is 5.69 Å². The molecule has 0 heterocycles. The van der Waals surface area contributed by atoms with E-state index in [0.29, 0.717) is 6.54 Å². The molecule has 0 atom stereocenters. The fourth-order valence-corrected chi connectivity index (χ4v) is 1.89. The number of rotatable bonds is 3. The Bertz CT molecular complexity index is 521. The van der Waals surface area contributed by atoms with E-state index in [-0.39, 0.29) is 11.2 Å². The van der Waals surface area contributed by atoms with Crippen LogP contribution in [0.15, 0.2) is 48.5 Å². The van der Waals surface area contributed by atoms with Crippen molar-refractivity contribution in [2.45, 2.75) is 32.7 Å². The molecule has 0 aliphatic heterocycles. The van der Waals surface area contributed by atoms with Crippen LogP contribution in [0.1, 0.15) is 31.9 Å². The van der Waals surface area contributed by atoms with Gasteiger partial charge in [-0.1, -0.05) is 45.0 Å². The molecule has 0 fully saturated rings. The molecule has 2 heteroatoms. The molecule has 0 spiro atoms. The minimum Gasteiger partial charge on any atom is -0.381 e. The summed E-state index contributed by atoms with van der Waals surface area (Å²) in [5, 5.41) is 3.34. The highest BCUT2D eigenvalue weighted by Gasteiger charge is 2.12. The number of hydrogen-bond donors (Lipinski definition) is 1. The molecule has 100 valence electrons. The number of anilines is 1. The van der Waals surface area contributed by atoms with Crippen molar-refractivity contribution in [3.8, 4) is 0 Å². The maximum atomic E-state index is 12.8. The minimum absolute atomic E-state index is 0.176. The molecule has 0 aliphatic carbocycles. The largest absolute Gasteiger partial charge is 0.381 e. The first-order valence-electron chi connectivity index (χ1n) is 6.54. The maximum Gasteiger partial charge on any atom is 0.123 e. The molecule has 0 saturated carbocycles. The molecule has 0 bridgehead atoms. The average Bonchev–Trinajstić information content (AvgIpc) is 2.37. The minimum atomic E-state index is -0.196. The quantitative estimate of drug-likeness (QED) is 0.837. The van der Waals surface area contributed by atoms with Crippen LogP contribution in [0, 0.1) is 5.82 Å². The molecular weight excluding hydrogens is 237 g/mol. The molecule has 0 saturated heterocycles. The van der Waals surface area contributed by atoms with Gasteiger partial charge in [0.15, 0.2) is 0 Å². The Morgan fingerprint density at radius 2 is 1.47 bits per heavy atom. The Hall–Kier alpha value is -1.83. The first kappa shape index (κ1) is 13.6. The third kappa shape index (κ3) is 3.82. The van der Waals surface area contributed by atoms with Crippen LogP contribution in [0.25, 0.3) is 0 Å². The number of nitrogens with one attached hydrogen (secondary N) is 1. The summed E-state index contributed by atoms with van der Waals surface area (Å²) in [4.78, 5) is 0. The Balaban J connectivity index is 1.98. The van der Waals surface area contributed by atoms with Crippen molar-refractivity contribution in [1.29, 1.82) is 0 Å². The number of hydrogen-bond acceptors (Lipinski definition) is 1. The zero-order valence-electron chi connectivity index (χ0n) is 11.7. The van der Waals surface area contributed by atoms with Gasteiger partial charge in [0, 0.05) is 12.2 Å². The van der Waals surface area contributed by atoms with E-state index in [2.05, 4.69) is 50.4 Å². The predicted octanol–water partition coefficient (Wildman–Crippen LogP) is 4.74. The van der Waals surface area contributed by atoms with Crippen molar-refractivity contribution in [3.05, 3.63) is 65.5 Å². The summed E-state index contributed by atoms with van der Waals surface area (Å²) < 4.78 is 12.8. The molecule has 2 rings (SSSR count). The molecule has 0 aromatic heterocycles. The van der Waals surface area contributed by atoms with E-state index < -0.39 is 0 Å². The molecule has 2 aromatic carbocycles. The highest BCUT2D eigenvalue weighted by molar-refractivity contribution is 5.46. The molecule has 1 nitrogen and oxygen atoms in total. The van der Waals surface area contributed by atoms with Gasteiger partial charge in [0.1, 0.15) is 5.82 Å². The second-order valence-corrected chi connectivity index (χ2v) is 5.81. The van der Waals surface area contributed by atoms with Crippen molar-refractivity contribution in [2.24, 2.45) is 0 Å². The monoisotopic (exact) mass is 257 g/mol. The SMILES string of the molecule is CC(C)(C)c1ccc(NCc2ccc(F)cc2)cc1. The Morgan fingerprint density at radius 1 is 0.895 bits per heavy atom. The fraction of sp³-hybridized carbons (Fsp3) is 0.294. The smallest absolute Gasteiger partial charge is 0.123 e. The molecule has 0 aliphatic rings. The molecule has 0 unspecified atom stereocenters. The zero-order valence-corrected chi connectivity index (χ0v) is 11.7. The Kier molecular flexibility index (Phi) is 3.89. The van der Waals surface area contributed by atoms with Crippen LogP contribution in [0.4, 0.5) is 10.1 Å². The lowest BCUT2D eigenvalue weighted by molar-refractivity contribution is 0.590. The summed E-state index contributed by atoms with van der Waals surface area (Å²) in [6.45, 7) is 7.31. The lowest BCUT2D eigenvalue weighted by Crippen LogP contribution is -2.10. The molecular formula is C17H20FN. The van der Waals surface area contributed by atoms with Crippen molar-refractivity contribution < 1.29 is 4.39 Å². The third-order valence-electron chi connectivity index (χ3n) is 3.16. The van der Waals surface area contributed by atoms with Crippen LogP contribution in [-0.2, 0) is 12.0 Å². The van der Waals surface area contributed by atoms with Gasteiger partial charge in [-0.25, -0.2) is 4.39 Å². The van der Waals surface area contributed by atoms with Gasteiger partial charge in [0.05, 0.1) is 0 Å². The van der Waals surface area contributed by atoms with Crippen LogP contribution in [-0.4, -0.2) is 0 Å². The Morgan fingerprint density at radius 3 is 2.00 bits per heavy atom. The summed E-state index contributed by atoms with van der Waals surface area (Å²) in [5.41, 5.74) is 3.65. The third-order valence-corrected chi connectivity index (χ3v) is 3.16. The van der Waals surface area contributed by atoms with Crippen LogP contribution in [0.3, 0.4) is 0 Å². The van der Waals surface area contributed by atoms with Gasteiger partial charge in [-0.2, -0.15) is 0 Å². The van der Waals surface area contributed by atoms with E-state index in [4.69, 9.17) is 0 Å². The first-order chi connectivity index (χ1) is 8.95. The topological polar surface area (TPSA) is 12.0 Å². The summed E-state index contributed by atoms with van der Waals surface area (Å²) in [6.07, 6.45) is 0. The van der Waals surface area contributed by atoms with Gasteiger partial charge in [-0.15, -0.1) is 0 Å². The van der Waals surface area contributed by atoms with Crippen LogP contribution >= 0.6 is 0 Å². The van der Waals surface area contributed by atoms with Gasteiger partial charge < -0.3 is 5.32 Å². The van der Waals surface area contributed by atoms with Gasteiger partial charge in [0.2, 0.25) is 0 Å². The predicted molar refractivity (Wildman–Crippen MR) is 78.9 cm³/mol. The van der Waals surface area contributed by atoms with Crippen molar-refractivity contribution in [3.63, 3.8) is 0 Å². The summed E-state index contributed by atoms with van der Waals surface area (Å²) in [6, 6.07) is 15.0. The highest BCUT2D eigenvalue weighted by Crippen LogP contribution is 2.23. The maximum absolute atomic E-state index is 12.8. The second kappa shape index (κ2) is 5.43. The van der Waals surface area contributed by atoms with Crippen LogP contribution in [0.2, 0.25) is 0 Å². The summed E-state index contributed by atoms with van der Waals surface area (Å²) in [5.74, 6) is -0.196. The standard InChI is InChI=1S/C17H20FN/c1-17(2,3)14-6-10-16(11-7-14)19-12-13-4-8-15(18)9-5-13/h4-11,19H,12H2,1-3H3. The zero-order chi connectivity index (χ0) is 13.9. The number of halogens is 1. The van der Waals surface area contributed by atoms with Gasteiger partial charge in [0.25, 0.3) is 0 Å². The second-order valence-electron chi connectivity index (χ2n) is 5.81. The summed E-state index contributed by atoms with van der Waals surface area (Å²) in [7, 11) is 0. The van der Waals surface area contributed by atoms with E-state index in [1.165, 1.54) is 17.7 Å². The molecule has 0 radical (unpaired) electrons. The molecule has 1 N–H and O–H groups in total. The lowest BCUT2D eigenvalue weighted by atomic mass is 9.87. The van der Waals surface area contributed by atoms with E-state index in [9.17, 15) is 4.39 Å². The first-order valence-corrected chi connectivity index (χ1v) is 6.54. The van der Waals surface area contributed by atoms with E-state index in [1.54, 1.807) is 12.1 Å². The van der Waals surface area contributed by atoms with Gasteiger partial charge in [-0.3, -0.25) is 0 Å². The molecule has 2 aromatic rings. The van der Waals surface area contributed by atoms with Gasteiger partial charge >= 0.3 is 0 Å².